The number of carbonyl (C=O) groups is 2. The van der Waals surface area contributed by atoms with Gasteiger partial charge in [-0.1, -0.05) is 13.8 Å². The van der Waals surface area contributed by atoms with Crippen LogP contribution in [-0.2, 0) is 9.59 Å². The van der Waals surface area contributed by atoms with Gasteiger partial charge in [-0.25, -0.2) is 0 Å². The predicted molar refractivity (Wildman–Crippen MR) is 49.3 cm³/mol. The average molecular weight is 180 g/mol. The molecule has 0 amide bonds. The van der Waals surface area contributed by atoms with Crippen molar-refractivity contribution in [3.05, 3.63) is 0 Å². The Balaban J connectivity index is 2.39. The highest BCUT2D eigenvalue weighted by atomic mass is 16.1. The van der Waals surface area contributed by atoms with Gasteiger partial charge in [0.25, 0.3) is 0 Å². The average Bonchev–Trinajstić information content (AvgIpc) is 2.34. The van der Waals surface area contributed by atoms with Crippen LogP contribution in [0.1, 0.15) is 46.0 Å². The van der Waals surface area contributed by atoms with Crippen molar-refractivity contribution in [1.29, 1.82) is 0 Å². The van der Waals surface area contributed by atoms with Crippen molar-refractivity contribution >= 4 is 11.6 Å². The summed E-state index contributed by atoms with van der Waals surface area (Å²) in [5, 5.41) is 0. The summed E-state index contributed by atoms with van der Waals surface area (Å²) in [6, 6.07) is 0. The van der Waals surface area contributed by atoms with E-state index >= 15 is 0 Å². The number of ketones is 2. The first-order valence-electron chi connectivity index (χ1n) is 5.05. The minimum absolute atomic E-state index is 0.00405. The topological polar surface area (TPSA) is 34.1 Å². The van der Waals surface area contributed by atoms with E-state index in [1.54, 1.807) is 0 Å². The molecular weight excluding hydrogens is 164 g/mol. The summed E-state index contributed by atoms with van der Waals surface area (Å²) in [4.78, 5) is 22.8. The summed E-state index contributed by atoms with van der Waals surface area (Å²) in [6.45, 7) is 4.22. The normalized spacial score (nSPS) is 44.2. The fourth-order valence-corrected chi connectivity index (χ4v) is 3.35. The maximum absolute atomic E-state index is 11.4. The molecule has 2 saturated carbocycles. The van der Waals surface area contributed by atoms with Crippen LogP contribution in [0.4, 0.5) is 0 Å². The van der Waals surface area contributed by atoms with Gasteiger partial charge in [-0.2, -0.15) is 0 Å². The molecule has 0 atom stereocenters. The monoisotopic (exact) mass is 180 g/mol. The fraction of sp³-hybridized carbons (Fsp3) is 0.818. The highest BCUT2D eigenvalue weighted by Crippen LogP contribution is 2.61. The van der Waals surface area contributed by atoms with Crippen molar-refractivity contribution in [2.45, 2.75) is 46.0 Å². The minimum atomic E-state index is -0.00405. The zero-order valence-corrected chi connectivity index (χ0v) is 8.35. The van der Waals surface area contributed by atoms with E-state index in [1.165, 1.54) is 0 Å². The summed E-state index contributed by atoms with van der Waals surface area (Å²) in [5.41, 5.74) is 0.0249. The Kier molecular flexibility index (Phi) is 1.67. The lowest BCUT2D eigenvalue weighted by Crippen LogP contribution is -2.28. The molecule has 0 unspecified atom stereocenters. The molecule has 2 fully saturated rings. The molecule has 0 N–H and O–H groups in total. The van der Waals surface area contributed by atoms with E-state index in [0.717, 1.165) is 6.42 Å². The Bertz CT molecular complexity index is 258. The maximum Gasteiger partial charge on any atom is 0.134 e. The summed E-state index contributed by atoms with van der Waals surface area (Å²) in [7, 11) is 0. The summed E-state index contributed by atoms with van der Waals surface area (Å²) in [6.07, 6.45) is 3.53. The number of rotatable bonds is 1. The molecule has 0 bridgehead atoms. The van der Waals surface area contributed by atoms with Gasteiger partial charge < -0.3 is 0 Å². The van der Waals surface area contributed by atoms with Gasteiger partial charge in [0.05, 0.1) is 0 Å². The lowest BCUT2D eigenvalue weighted by Gasteiger charge is -2.35. The van der Waals surface area contributed by atoms with Gasteiger partial charge in [-0.3, -0.25) is 9.59 Å². The van der Waals surface area contributed by atoms with E-state index in [0.29, 0.717) is 37.2 Å². The second kappa shape index (κ2) is 2.43. The molecule has 0 aromatic carbocycles. The van der Waals surface area contributed by atoms with Crippen LogP contribution in [0.2, 0.25) is 0 Å². The standard InChI is InChI=1S/C11H16O2/c1-3-11-6-8(12)4-10(11,2)5-9(13)7-11/h3-7H2,1-2H3. The quantitative estimate of drug-likeness (QED) is 0.619. The zero-order chi connectivity index (χ0) is 9.69. The number of carbonyl (C=O) groups excluding carboxylic acids is 2. The Morgan fingerprint density at radius 3 is 1.85 bits per heavy atom. The van der Waals surface area contributed by atoms with E-state index in [1.807, 2.05) is 0 Å². The molecule has 2 aliphatic carbocycles. The van der Waals surface area contributed by atoms with Crippen LogP contribution < -0.4 is 0 Å². The van der Waals surface area contributed by atoms with Gasteiger partial charge in [0.2, 0.25) is 0 Å². The lowest BCUT2D eigenvalue weighted by atomic mass is 9.68. The van der Waals surface area contributed by atoms with Crippen molar-refractivity contribution in [1.82, 2.24) is 0 Å². The Morgan fingerprint density at radius 2 is 1.54 bits per heavy atom. The van der Waals surface area contributed by atoms with Crippen molar-refractivity contribution in [2.75, 3.05) is 0 Å². The number of hydrogen-bond donors (Lipinski definition) is 0. The number of Topliss-reactive ketones (excluding diaryl/α,β-unsaturated/α-hetero) is 2. The van der Waals surface area contributed by atoms with Crippen molar-refractivity contribution < 1.29 is 9.59 Å². The number of hydrogen-bond acceptors (Lipinski definition) is 2. The SMILES string of the molecule is CCC12CC(=O)CC1(C)CC(=O)C2. The molecular formula is C11H16O2. The molecule has 0 heterocycles. The van der Waals surface area contributed by atoms with Gasteiger partial charge in [0, 0.05) is 25.7 Å². The molecule has 0 radical (unpaired) electrons. The van der Waals surface area contributed by atoms with Gasteiger partial charge in [0.15, 0.2) is 0 Å². The van der Waals surface area contributed by atoms with Crippen LogP contribution in [0.3, 0.4) is 0 Å². The summed E-state index contributed by atoms with van der Waals surface area (Å²) in [5.74, 6) is 0.716. The van der Waals surface area contributed by atoms with E-state index < -0.39 is 0 Å². The number of fused-ring (bicyclic) bond motifs is 1. The highest BCUT2D eigenvalue weighted by molar-refractivity contribution is 5.91. The van der Waals surface area contributed by atoms with Gasteiger partial charge in [0.1, 0.15) is 11.6 Å². The van der Waals surface area contributed by atoms with Crippen molar-refractivity contribution in [3.63, 3.8) is 0 Å². The zero-order valence-electron chi connectivity index (χ0n) is 8.35. The second-order valence-electron chi connectivity index (χ2n) is 4.98. The van der Waals surface area contributed by atoms with E-state index in [2.05, 4.69) is 13.8 Å². The summed E-state index contributed by atoms with van der Waals surface area (Å²) < 4.78 is 0. The molecule has 2 nitrogen and oxygen atoms in total. The molecule has 72 valence electrons. The fourth-order valence-electron chi connectivity index (χ4n) is 3.35. The highest BCUT2D eigenvalue weighted by Gasteiger charge is 2.59. The summed E-state index contributed by atoms with van der Waals surface area (Å²) >= 11 is 0. The first kappa shape index (κ1) is 8.92. The molecule has 0 saturated heterocycles. The van der Waals surface area contributed by atoms with Crippen LogP contribution in [-0.4, -0.2) is 11.6 Å². The van der Waals surface area contributed by atoms with Crippen LogP contribution in [0.15, 0.2) is 0 Å². The van der Waals surface area contributed by atoms with Gasteiger partial charge >= 0.3 is 0 Å². The molecule has 2 aliphatic rings. The van der Waals surface area contributed by atoms with Gasteiger partial charge in [-0.05, 0) is 17.3 Å². The lowest BCUT2D eigenvalue weighted by molar-refractivity contribution is -0.120. The van der Waals surface area contributed by atoms with E-state index in [9.17, 15) is 9.59 Å². The third-order valence-electron chi connectivity index (χ3n) is 4.20. The first-order valence-corrected chi connectivity index (χ1v) is 5.05. The molecule has 0 spiro atoms. The van der Waals surface area contributed by atoms with Crippen LogP contribution in [0.5, 0.6) is 0 Å². The molecule has 0 aliphatic heterocycles. The second-order valence-corrected chi connectivity index (χ2v) is 4.98. The third kappa shape index (κ3) is 1.01. The third-order valence-corrected chi connectivity index (χ3v) is 4.20. The Morgan fingerprint density at radius 1 is 1.08 bits per heavy atom. The van der Waals surface area contributed by atoms with Crippen LogP contribution >= 0.6 is 0 Å². The molecule has 2 rings (SSSR count). The molecule has 0 aromatic rings. The van der Waals surface area contributed by atoms with Gasteiger partial charge in [-0.15, -0.1) is 0 Å². The van der Waals surface area contributed by atoms with Crippen molar-refractivity contribution in [3.8, 4) is 0 Å². The Labute approximate surface area is 78.7 Å². The first-order chi connectivity index (χ1) is 6.01. The smallest absolute Gasteiger partial charge is 0.134 e. The van der Waals surface area contributed by atoms with Crippen molar-refractivity contribution in [2.24, 2.45) is 10.8 Å². The van der Waals surface area contributed by atoms with Crippen LogP contribution in [0.25, 0.3) is 0 Å². The van der Waals surface area contributed by atoms with E-state index in [-0.39, 0.29) is 10.8 Å². The minimum Gasteiger partial charge on any atom is -0.300 e. The predicted octanol–water partition coefficient (Wildman–Crippen LogP) is 2.11. The maximum atomic E-state index is 11.4. The molecule has 13 heavy (non-hydrogen) atoms. The van der Waals surface area contributed by atoms with E-state index in [4.69, 9.17) is 0 Å². The largest absolute Gasteiger partial charge is 0.300 e. The van der Waals surface area contributed by atoms with Crippen LogP contribution in [0, 0.1) is 10.8 Å². The molecule has 2 heteroatoms. The Hall–Kier alpha value is -0.660. The molecule has 0 aromatic heterocycles.